The normalized spacial score (nSPS) is 11.4. The lowest BCUT2D eigenvalue weighted by Crippen LogP contribution is -2.05. The van der Waals surface area contributed by atoms with Crippen molar-refractivity contribution in [1.82, 2.24) is 0 Å². The molecule has 86 valence electrons. The number of hydrogen-bond donors (Lipinski definition) is 0. The van der Waals surface area contributed by atoms with Crippen LogP contribution in [0.4, 0.5) is 4.39 Å². The minimum Gasteiger partial charge on any atom is -0.497 e. The van der Waals surface area contributed by atoms with E-state index < -0.39 is 5.82 Å². The van der Waals surface area contributed by atoms with Crippen molar-refractivity contribution >= 4 is 5.78 Å². The lowest BCUT2D eigenvalue weighted by atomic mass is 10.0. The van der Waals surface area contributed by atoms with Gasteiger partial charge in [-0.15, -0.1) is 0 Å². The van der Waals surface area contributed by atoms with Crippen molar-refractivity contribution in [1.29, 1.82) is 0 Å². The van der Waals surface area contributed by atoms with Crippen LogP contribution in [-0.2, 0) is 0 Å². The molecular formula is C13H15FO2. The second-order valence-electron chi connectivity index (χ2n) is 3.34. The molecule has 2 nitrogen and oxygen atoms in total. The van der Waals surface area contributed by atoms with Gasteiger partial charge in [0.1, 0.15) is 11.6 Å². The van der Waals surface area contributed by atoms with Crippen molar-refractivity contribution < 1.29 is 13.9 Å². The van der Waals surface area contributed by atoms with Crippen LogP contribution in [0.25, 0.3) is 0 Å². The third-order valence-electron chi connectivity index (χ3n) is 2.44. The largest absolute Gasteiger partial charge is 0.497 e. The number of halogens is 1. The minimum absolute atomic E-state index is 0.0933. The monoisotopic (exact) mass is 222 g/mol. The molecule has 0 aliphatic heterocycles. The van der Waals surface area contributed by atoms with Gasteiger partial charge in [0.05, 0.1) is 12.7 Å². The number of hydrogen-bond acceptors (Lipinski definition) is 2. The molecule has 0 amide bonds. The van der Waals surface area contributed by atoms with E-state index in [2.05, 4.69) is 0 Å². The smallest absolute Gasteiger partial charge is 0.191 e. The fraction of sp³-hybridized carbons (Fsp3) is 0.308. The number of benzene rings is 1. The summed E-state index contributed by atoms with van der Waals surface area (Å²) >= 11 is 0. The summed E-state index contributed by atoms with van der Waals surface area (Å²) in [5.41, 5.74) is 0.708. The average molecular weight is 222 g/mol. The van der Waals surface area contributed by atoms with Gasteiger partial charge in [0.2, 0.25) is 0 Å². The maximum absolute atomic E-state index is 13.6. The Morgan fingerprint density at radius 3 is 2.62 bits per heavy atom. The second-order valence-corrected chi connectivity index (χ2v) is 3.34. The van der Waals surface area contributed by atoms with Crippen LogP contribution < -0.4 is 4.74 Å². The molecule has 0 spiro atoms. The van der Waals surface area contributed by atoms with Gasteiger partial charge in [0.25, 0.3) is 0 Å². The summed E-state index contributed by atoms with van der Waals surface area (Å²) in [5.74, 6) is -0.394. The van der Waals surface area contributed by atoms with Crippen molar-refractivity contribution in [2.45, 2.75) is 20.3 Å². The van der Waals surface area contributed by atoms with Gasteiger partial charge in [-0.2, -0.15) is 0 Å². The quantitative estimate of drug-likeness (QED) is 0.576. The number of ketones is 1. The third kappa shape index (κ3) is 2.48. The molecule has 1 aromatic carbocycles. The highest BCUT2D eigenvalue weighted by Gasteiger charge is 2.15. The molecule has 1 rings (SSSR count). The van der Waals surface area contributed by atoms with Gasteiger partial charge >= 0.3 is 0 Å². The number of Topliss-reactive ketones (excluding diaryl/α,β-unsaturated/α-hetero) is 1. The summed E-state index contributed by atoms with van der Waals surface area (Å²) in [6.45, 7) is 3.65. The summed E-state index contributed by atoms with van der Waals surface area (Å²) in [6, 6.07) is 4.26. The van der Waals surface area contributed by atoms with Gasteiger partial charge < -0.3 is 4.74 Å². The van der Waals surface area contributed by atoms with E-state index >= 15 is 0 Å². The molecule has 0 atom stereocenters. The van der Waals surface area contributed by atoms with E-state index in [1.807, 2.05) is 6.92 Å². The van der Waals surface area contributed by atoms with Crippen LogP contribution in [0.15, 0.2) is 29.8 Å². The van der Waals surface area contributed by atoms with E-state index in [9.17, 15) is 9.18 Å². The highest BCUT2D eigenvalue weighted by molar-refractivity contribution is 6.08. The number of methoxy groups -OCH3 is 1. The minimum atomic E-state index is -0.544. The zero-order valence-corrected chi connectivity index (χ0v) is 9.71. The number of allylic oxidation sites excluding steroid dienone is 2. The Balaban J connectivity index is 3.10. The number of rotatable bonds is 4. The molecular weight excluding hydrogens is 207 g/mol. The molecule has 0 bridgehead atoms. The Bertz CT molecular complexity index is 422. The first-order chi connectivity index (χ1) is 7.63. The Morgan fingerprint density at radius 2 is 2.19 bits per heavy atom. The van der Waals surface area contributed by atoms with E-state index in [1.54, 1.807) is 19.1 Å². The van der Waals surface area contributed by atoms with Gasteiger partial charge in [0.15, 0.2) is 5.78 Å². The Hall–Kier alpha value is -1.64. The van der Waals surface area contributed by atoms with Crippen molar-refractivity contribution in [3.05, 3.63) is 41.2 Å². The lowest BCUT2D eigenvalue weighted by molar-refractivity contribution is 0.102. The molecule has 0 aromatic heterocycles. The first-order valence-electron chi connectivity index (χ1n) is 5.17. The summed E-state index contributed by atoms with van der Waals surface area (Å²) < 4.78 is 18.5. The predicted molar refractivity (Wildman–Crippen MR) is 61.3 cm³/mol. The van der Waals surface area contributed by atoms with Gasteiger partial charge in [-0.1, -0.05) is 13.0 Å². The molecule has 16 heavy (non-hydrogen) atoms. The molecule has 0 saturated heterocycles. The molecule has 0 aliphatic rings. The summed E-state index contributed by atoms with van der Waals surface area (Å²) in [6.07, 6.45) is 2.31. The van der Waals surface area contributed by atoms with Crippen LogP contribution in [0.3, 0.4) is 0 Å². The van der Waals surface area contributed by atoms with E-state index in [0.29, 0.717) is 17.7 Å². The summed E-state index contributed by atoms with van der Waals surface area (Å²) in [5, 5.41) is 0. The van der Waals surface area contributed by atoms with Crippen molar-refractivity contribution in [3.63, 3.8) is 0 Å². The van der Waals surface area contributed by atoms with Crippen LogP contribution in [-0.4, -0.2) is 12.9 Å². The molecule has 3 heteroatoms. The standard InChI is InChI=1S/C13H15FO2/c1-4-9(5-2)13(15)11-7-6-10(16-3)8-12(11)14/h4,6-8H,5H2,1-3H3/b9-4-. The van der Waals surface area contributed by atoms with Gasteiger partial charge in [-0.3, -0.25) is 4.79 Å². The molecule has 0 aliphatic carbocycles. The van der Waals surface area contributed by atoms with Crippen LogP contribution in [0.5, 0.6) is 5.75 Å². The van der Waals surface area contributed by atoms with E-state index in [1.165, 1.54) is 19.2 Å². The molecule has 0 heterocycles. The zero-order valence-electron chi connectivity index (χ0n) is 9.71. The predicted octanol–water partition coefficient (Wildman–Crippen LogP) is 3.37. The highest BCUT2D eigenvalue weighted by Crippen LogP contribution is 2.19. The summed E-state index contributed by atoms with van der Waals surface area (Å²) in [4.78, 5) is 11.9. The Morgan fingerprint density at radius 1 is 1.50 bits per heavy atom. The van der Waals surface area contributed by atoms with Crippen LogP contribution in [0.2, 0.25) is 0 Å². The zero-order chi connectivity index (χ0) is 12.1. The number of carbonyl (C=O) groups is 1. The fourth-order valence-electron chi connectivity index (χ4n) is 1.48. The van der Waals surface area contributed by atoms with Crippen LogP contribution in [0, 0.1) is 5.82 Å². The SMILES string of the molecule is C/C=C(/CC)C(=O)c1ccc(OC)cc1F. The molecule has 0 saturated carbocycles. The van der Waals surface area contributed by atoms with Gasteiger partial charge in [-0.05, 0) is 31.1 Å². The van der Waals surface area contributed by atoms with Crippen LogP contribution in [0.1, 0.15) is 30.6 Å². The number of ether oxygens (including phenoxy) is 1. The Kier molecular flexibility index (Phi) is 4.23. The second kappa shape index (κ2) is 5.45. The van der Waals surface area contributed by atoms with Crippen molar-refractivity contribution in [2.75, 3.05) is 7.11 Å². The van der Waals surface area contributed by atoms with E-state index in [0.717, 1.165) is 0 Å². The average Bonchev–Trinajstić information content (AvgIpc) is 2.30. The first kappa shape index (κ1) is 12.4. The molecule has 0 fully saturated rings. The lowest BCUT2D eigenvalue weighted by Gasteiger charge is -2.06. The number of carbonyl (C=O) groups excluding carboxylic acids is 1. The van der Waals surface area contributed by atoms with Gasteiger partial charge in [-0.25, -0.2) is 4.39 Å². The first-order valence-corrected chi connectivity index (χ1v) is 5.17. The maximum Gasteiger partial charge on any atom is 0.191 e. The van der Waals surface area contributed by atoms with Gasteiger partial charge in [0, 0.05) is 6.07 Å². The fourth-order valence-corrected chi connectivity index (χ4v) is 1.48. The highest BCUT2D eigenvalue weighted by atomic mass is 19.1. The van der Waals surface area contributed by atoms with Crippen LogP contribution >= 0.6 is 0 Å². The molecule has 0 N–H and O–H groups in total. The van der Waals surface area contributed by atoms with Crippen molar-refractivity contribution in [3.8, 4) is 5.75 Å². The Labute approximate surface area is 94.7 Å². The third-order valence-corrected chi connectivity index (χ3v) is 2.44. The summed E-state index contributed by atoms with van der Waals surface area (Å²) in [7, 11) is 1.46. The topological polar surface area (TPSA) is 26.3 Å². The van der Waals surface area contributed by atoms with E-state index in [-0.39, 0.29) is 11.3 Å². The molecule has 0 radical (unpaired) electrons. The van der Waals surface area contributed by atoms with Crippen molar-refractivity contribution in [2.24, 2.45) is 0 Å². The molecule has 0 unspecified atom stereocenters. The van der Waals surface area contributed by atoms with E-state index in [4.69, 9.17) is 4.74 Å². The molecule has 1 aromatic rings. The maximum atomic E-state index is 13.6.